The Balaban J connectivity index is 2.20. The predicted molar refractivity (Wildman–Crippen MR) is 74.4 cm³/mol. The Morgan fingerprint density at radius 2 is 2.00 bits per heavy atom. The van der Waals surface area contributed by atoms with E-state index in [2.05, 4.69) is 9.46 Å². The van der Waals surface area contributed by atoms with Crippen molar-refractivity contribution < 1.29 is 22.7 Å². The zero-order valence-corrected chi connectivity index (χ0v) is 12.9. The summed E-state index contributed by atoms with van der Waals surface area (Å²) < 4.78 is 37.3. The molecule has 0 aromatic carbocycles. The fraction of sp³-hybridized carbons (Fsp3) is 0.917. The van der Waals surface area contributed by atoms with E-state index in [0.717, 1.165) is 17.1 Å². The van der Waals surface area contributed by atoms with Crippen LogP contribution in [0.1, 0.15) is 32.1 Å². The van der Waals surface area contributed by atoms with Crippen LogP contribution in [-0.2, 0) is 24.5 Å². The monoisotopic (exact) mass is 308 g/mol. The molecule has 1 N–H and O–H groups in total. The summed E-state index contributed by atoms with van der Waals surface area (Å²) in [4.78, 5) is 11.0. The number of nitrogens with zero attached hydrogens (tertiary/aromatic N) is 1. The number of hydrogen-bond acceptors (Lipinski definition) is 5. The molecule has 1 aliphatic carbocycles. The van der Waals surface area contributed by atoms with Crippen LogP contribution in [0.4, 0.5) is 0 Å². The molecule has 118 valence electrons. The SMILES string of the molecule is COC(=O)CCN(C)S(=O)(=O)NCCOC1CCCC1. The van der Waals surface area contributed by atoms with Crippen molar-refractivity contribution in [2.75, 3.05) is 33.9 Å². The molecule has 0 heterocycles. The van der Waals surface area contributed by atoms with E-state index >= 15 is 0 Å². The summed E-state index contributed by atoms with van der Waals surface area (Å²) in [6, 6.07) is 0. The summed E-state index contributed by atoms with van der Waals surface area (Å²) in [6.07, 6.45) is 4.81. The van der Waals surface area contributed by atoms with Gasteiger partial charge in [-0.25, -0.2) is 0 Å². The molecule has 0 aromatic heterocycles. The van der Waals surface area contributed by atoms with Crippen LogP contribution in [0, 0.1) is 0 Å². The first-order valence-corrected chi connectivity index (χ1v) is 8.29. The maximum atomic E-state index is 11.8. The average molecular weight is 308 g/mol. The first-order valence-electron chi connectivity index (χ1n) is 6.85. The van der Waals surface area contributed by atoms with Crippen LogP contribution in [0.3, 0.4) is 0 Å². The Labute approximate surface area is 120 Å². The van der Waals surface area contributed by atoms with Crippen LogP contribution in [0.25, 0.3) is 0 Å². The lowest BCUT2D eigenvalue weighted by Gasteiger charge is -2.17. The van der Waals surface area contributed by atoms with Gasteiger partial charge in [-0.1, -0.05) is 12.8 Å². The topological polar surface area (TPSA) is 84.9 Å². The molecule has 7 nitrogen and oxygen atoms in total. The quantitative estimate of drug-likeness (QED) is 0.488. The largest absolute Gasteiger partial charge is 0.469 e. The Hall–Kier alpha value is -0.700. The number of esters is 1. The van der Waals surface area contributed by atoms with Gasteiger partial charge in [0.2, 0.25) is 0 Å². The highest BCUT2D eigenvalue weighted by Gasteiger charge is 2.19. The van der Waals surface area contributed by atoms with E-state index in [-0.39, 0.29) is 25.6 Å². The van der Waals surface area contributed by atoms with Crippen molar-refractivity contribution in [1.29, 1.82) is 0 Å². The van der Waals surface area contributed by atoms with Gasteiger partial charge in [-0.3, -0.25) is 4.79 Å². The second kappa shape index (κ2) is 8.56. The molecule has 0 amide bonds. The van der Waals surface area contributed by atoms with Gasteiger partial charge in [0.05, 0.1) is 26.2 Å². The normalized spacial score (nSPS) is 16.8. The number of nitrogens with one attached hydrogen (secondary N) is 1. The molecule has 0 aromatic rings. The van der Waals surface area contributed by atoms with Crippen molar-refractivity contribution in [1.82, 2.24) is 9.03 Å². The summed E-state index contributed by atoms with van der Waals surface area (Å²) in [7, 11) is -0.871. The summed E-state index contributed by atoms with van der Waals surface area (Å²) in [5.74, 6) is -0.434. The van der Waals surface area contributed by atoms with Crippen molar-refractivity contribution >= 4 is 16.2 Å². The Morgan fingerprint density at radius 3 is 2.60 bits per heavy atom. The molecule has 0 saturated heterocycles. The minimum Gasteiger partial charge on any atom is -0.469 e. The second-order valence-electron chi connectivity index (χ2n) is 4.82. The van der Waals surface area contributed by atoms with Crippen molar-refractivity contribution in [3.63, 3.8) is 0 Å². The van der Waals surface area contributed by atoms with Crippen molar-refractivity contribution in [3.8, 4) is 0 Å². The summed E-state index contributed by atoms with van der Waals surface area (Å²) >= 11 is 0. The molecular formula is C12H24N2O5S. The van der Waals surface area contributed by atoms with Gasteiger partial charge in [0.25, 0.3) is 10.2 Å². The smallest absolute Gasteiger partial charge is 0.306 e. The first-order chi connectivity index (χ1) is 9.45. The number of methoxy groups -OCH3 is 1. The highest BCUT2D eigenvalue weighted by Crippen LogP contribution is 2.20. The maximum absolute atomic E-state index is 11.8. The third-order valence-electron chi connectivity index (χ3n) is 3.31. The number of rotatable bonds is 9. The van der Waals surface area contributed by atoms with Crippen LogP contribution >= 0.6 is 0 Å². The first kappa shape index (κ1) is 17.4. The van der Waals surface area contributed by atoms with Gasteiger partial charge in [0.15, 0.2) is 0 Å². The maximum Gasteiger partial charge on any atom is 0.306 e. The van der Waals surface area contributed by atoms with Crippen LogP contribution in [0.15, 0.2) is 0 Å². The van der Waals surface area contributed by atoms with Gasteiger partial charge in [-0.05, 0) is 12.8 Å². The summed E-state index contributed by atoms with van der Waals surface area (Å²) in [5, 5.41) is 0. The van der Waals surface area contributed by atoms with Crippen LogP contribution < -0.4 is 4.72 Å². The Bertz CT molecular complexity index is 393. The molecule has 0 spiro atoms. The molecule has 1 rings (SSSR count). The van der Waals surface area contributed by atoms with Gasteiger partial charge in [0, 0.05) is 20.1 Å². The van der Waals surface area contributed by atoms with E-state index in [1.807, 2.05) is 0 Å². The van der Waals surface area contributed by atoms with Gasteiger partial charge in [-0.15, -0.1) is 0 Å². The zero-order chi connectivity index (χ0) is 15.0. The lowest BCUT2D eigenvalue weighted by Crippen LogP contribution is -2.40. The summed E-state index contributed by atoms with van der Waals surface area (Å²) in [6.45, 7) is 0.696. The molecule has 8 heteroatoms. The minimum absolute atomic E-state index is 0.0342. The molecular weight excluding hydrogens is 284 g/mol. The number of carbonyl (C=O) groups is 1. The van der Waals surface area contributed by atoms with E-state index in [1.54, 1.807) is 0 Å². The third kappa shape index (κ3) is 6.17. The molecule has 20 heavy (non-hydrogen) atoms. The van der Waals surface area contributed by atoms with E-state index in [0.29, 0.717) is 6.61 Å². The average Bonchev–Trinajstić information content (AvgIpc) is 2.93. The van der Waals surface area contributed by atoms with Gasteiger partial charge < -0.3 is 9.47 Å². The third-order valence-corrected chi connectivity index (χ3v) is 4.88. The van der Waals surface area contributed by atoms with Gasteiger partial charge in [-0.2, -0.15) is 17.4 Å². The van der Waals surface area contributed by atoms with Gasteiger partial charge in [0.1, 0.15) is 0 Å². The second-order valence-corrected chi connectivity index (χ2v) is 6.69. The number of ether oxygens (including phenoxy) is 2. The number of hydrogen-bond donors (Lipinski definition) is 1. The summed E-state index contributed by atoms with van der Waals surface area (Å²) in [5.41, 5.74) is 0. The van der Waals surface area contributed by atoms with E-state index < -0.39 is 16.2 Å². The predicted octanol–water partition coefficient (Wildman–Crippen LogP) is 0.275. The highest BCUT2D eigenvalue weighted by molar-refractivity contribution is 7.87. The van der Waals surface area contributed by atoms with Crippen molar-refractivity contribution in [2.45, 2.75) is 38.2 Å². The molecule has 1 aliphatic rings. The van der Waals surface area contributed by atoms with Crippen molar-refractivity contribution in [3.05, 3.63) is 0 Å². The molecule has 0 atom stereocenters. The molecule has 0 radical (unpaired) electrons. The van der Waals surface area contributed by atoms with Crippen LogP contribution in [-0.4, -0.2) is 58.7 Å². The molecule has 1 fully saturated rings. The van der Waals surface area contributed by atoms with Crippen LogP contribution in [0.5, 0.6) is 0 Å². The zero-order valence-electron chi connectivity index (χ0n) is 12.1. The fourth-order valence-electron chi connectivity index (χ4n) is 2.03. The molecule has 0 unspecified atom stereocenters. The molecule has 0 aliphatic heterocycles. The van der Waals surface area contributed by atoms with E-state index in [1.165, 1.54) is 27.0 Å². The van der Waals surface area contributed by atoms with Crippen molar-refractivity contribution in [2.24, 2.45) is 0 Å². The lowest BCUT2D eigenvalue weighted by atomic mass is 10.3. The highest BCUT2D eigenvalue weighted by atomic mass is 32.2. The Morgan fingerprint density at radius 1 is 1.35 bits per heavy atom. The molecule has 1 saturated carbocycles. The Kier molecular flexibility index (Phi) is 7.42. The van der Waals surface area contributed by atoms with Gasteiger partial charge >= 0.3 is 5.97 Å². The minimum atomic E-state index is -3.56. The lowest BCUT2D eigenvalue weighted by molar-refractivity contribution is -0.140. The van der Waals surface area contributed by atoms with E-state index in [9.17, 15) is 13.2 Å². The molecule has 0 bridgehead atoms. The standard InChI is InChI=1S/C12H24N2O5S/c1-14(9-7-12(15)18-2)20(16,17)13-8-10-19-11-5-3-4-6-11/h11,13H,3-10H2,1-2H3. The number of carbonyl (C=O) groups excluding carboxylic acids is 1. The van der Waals surface area contributed by atoms with E-state index in [4.69, 9.17) is 4.74 Å². The fourth-order valence-corrected chi connectivity index (χ4v) is 2.93. The van der Waals surface area contributed by atoms with Crippen LogP contribution in [0.2, 0.25) is 0 Å².